The smallest absolute Gasteiger partial charge is 0.294 e. The highest BCUT2D eigenvalue weighted by Crippen LogP contribution is 2.39. The van der Waals surface area contributed by atoms with Gasteiger partial charge in [-0.15, -0.1) is 6.42 Å². The zero-order valence-corrected chi connectivity index (χ0v) is 18.4. The highest BCUT2D eigenvalue weighted by atomic mass is 79.9. The van der Waals surface area contributed by atoms with E-state index in [9.17, 15) is 14.0 Å². The van der Waals surface area contributed by atoms with Crippen LogP contribution >= 0.6 is 27.7 Å². The van der Waals surface area contributed by atoms with Crippen molar-refractivity contribution in [2.45, 2.75) is 13.5 Å². The summed E-state index contributed by atoms with van der Waals surface area (Å²) in [5, 5.41) is -0.400. The summed E-state index contributed by atoms with van der Waals surface area (Å²) >= 11 is 4.30. The second-order valence-corrected chi connectivity index (χ2v) is 8.00. The molecule has 0 aliphatic carbocycles. The Hall–Kier alpha value is -2.76. The molecule has 0 unspecified atom stereocenters. The molecule has 5 nitrogen and oxygen atoms in total. The third-order valence-electron chi connectivity index (χ3n) is 4.02. The van der Waals surface area contributed by atoms with E-state index in [0.29, 0.717) is 33.7 Å². The van der Waals surface area contributed by atoms with Crippen LogP contribution in [0.5, 0.6) is 11.5 Å². The maximum atomic E-state index is 13.4. The highest BCUT2D eigenvalue weighted by Gasteiger charge is 2.34. The number of carbonyl (C=O) groups excluding carboxylic acids is 2. The number of halogens is 2. The van der Waals surface area contributed by atoms with E-state index in [1.165, 1.54) is 12.1 Å². The van der Waals surface area contributed by atoms with Crippen LogP contribution < -0.4 is 9.47 Å². The van der Waals surface area contributed by atoms with Gasteiger partial charge >= 0.3 is 0 Å². The first-order chi connectivity index (χ1) is 14.4. The summed E-state index contributed by atoms with van der Waals surface area (Å²) in [5.41, 5.74) is 1.32. The van der Waals surface area contributed by atoms with Gasteiger partial charge in [-0.2, -0.15) is 0 Å². The summed E-state index contributed by atoms with van der Waals surface area (Å²) in [6.07, 6.45) is 6.82. The molecule has 1 aliphatic rings. The van der Waals surface area contributed by atoms with Crippen LogP contribution in [0.4, 0.5) is 9.18 Å². The molecule has 30 heavy (non-hydrogen) atoms. The molecular weight excluding hydrogens is 473 g/mol. The van der Waals surface area contributed by atoms with Crippen molar-refractivity contribution in [3.8, 4) is 23.8 Å². The number of rotatable bonds is 7. The van der Waals surface area contributed by atoms with Crippen LogP contribution in [0.2, 0.25) is 0 Å². The molecule has 0 aromatic heterocycles. The minimum Gasteiger partial charge on any atom is -0.490 e. The van der Waals surface area contributed by atoms with Crippen LogP contribution in [-0.4, -0.2) is 29.2 Å². The first-order valence-electron chi connectivity index (χ1n) is 8.95. The van der Waals surface area contributed by atoms with Gasteiger partial charge < -0.3 is 9.47 Å². The van der Waals surface area contributed by atoms with Crippen molar-refractivity contribution in [2.75, 3.05) is 13.2 Å². The molecule has 154 valence electrons. The monoisotopic (exact) mass is 489 g/mol. The van der Waals surface area contributed by atoms with E-state index >= 15 is 0 Å². The van der Waals surface area contributed by atoms with Crippen molar-refractivity contribution >= 4 is 44.9 Å². The summed E-state index contributed by atoms with van der Waals surface area (Å²) in [5.74, 6) is 2.45. The van der Waals surface area contributed by atoms with Crippen molar-refractivity contribution < 1.29 is 23.5 Å². The number of hydrogen-bond donors (Lipinski definition) is 0. The molecule has 0 saturated carbocycles. The standard InChI is InChI=1S/C22H17BrFNO4S/c1-3-8-25-21(26)19(30-22(25)27)12-15-10-17(23)20(18(11-15)28-4-2)29-13-14-6-5-7-16(24)9-14/h1,5-7,9-12H,4,8,13H2,2H3/b19-12+. The second-order valence-electron chi connectivity index (χ2n) is 6.15. The van der Waals surface area contributed by atoms with Crippen LogP contribution in [-0.2, 0) is 11.4 Å². The Morgan fingerprint density at radius 3 is 2.77 bits per heavy atom. The van der Waals surface area contributed by atoms with Crippen LogP contribution in [0.3, 0.4) is 0 Å². The molecule has 0 radical (unpaired) electrons. The van der Waals surface area contributed by atoms with Gasteiger partial charge in [0.2, 0.25) is 0 Å². The average molecular weight is 490 g/mol. The molecule has 1 fully saturated rings. The number of hydrogen-bond acceptors (Lipinski definition) is 5. The summed E-state index contributed by atoms with van der Waals surface area (Å²) in [6, 6.07) is 9.60. The number of carbonyl (C=O) groups is 2. The summed E-state index contributed by atoms with van der Waals surface area (Å²) in [4.78, 5) is 25.6. The van der Waals surface area contributed by atoms with Crippen molar-refractivity contribution in [1.82, 2.24) is 4.90 Å². The van der Waals surface area contributed by atoms with Gasteiger partial charge in [0.05, 0.1) is 22.5 Å². The Morgan fingerprint density at radius 1 is 1.27 bits per heavy atom. The van der Waals surface area contributed by atoms with Gasteiger partial charge in [0, 0.05) is 0 Å². The lowest BCUT2D eigenvalue weighted by atomic mass is 10.1. The molecule has 8 heteroatoms. The minimum absolute atomic E-state index is 0.0667. The number of terminal acetylenes is 1. The summed E-state index contributed by atoms with van der Waals surface area (Å²) in [7, 11) is 0. The van der Waals surface area contributed by atoms with Gasteiger partial charge in [-0.05, 0) is 76.1 Å². The molecule has 0 spiro atoms. The fourth-order valence-electron chi connectivity index (χ4n) is 2.74. The molecule has 2 amide bonds. The van der Waals surface area contributed by atoms with Crippen LogP contribution in [0, 0.1) is 18.2 Å². The van der Waals surface area contributed by atoms with Gasteiger partial charge in [0.25, 0.3) is 11.1 Å². The van der Waals surface area contributed by atoms with Crippen molar-refractivity contribution in [2.24, 2.45) is 0 Å². The number of benzene rings is 2. The van der Waals surface area contributed by atoms with Crippen LogP contribution in [0.15, 0.2) is 45.8 Å². The zero-order chi connectivity index (χ0) is 21.7. The largest absolute Gasteiger partial charge is 0.490 e. The lowest BCUT2D eigenvalue weighted by Crippen LogP contribution is -2.28. The molecule has 3 rings (SSSR count). The lowest BCUT2D eigenvalue weighted by Gasteiger charge is -2.15. The lowest BCUT2D eigenvalue weighted by molar-refractivity contribution is -0.122. The minimum atomic E-state index is -0.427. The van der Waals surface area contributed by atoms with Gasteiger partial charge in [0.1, 0.15) is 12.4 Å². The maximum absolute atomic E-state index is 13.4. The molecule has 1 saturated heterocycles. The third-order valence-corrected chi connectivity index (χ3v) is 5.52. The molecule has 1 aliphatic heterocycles. The number of imide groups is 1. The predicted octanol–water partition coefficient (Wildman–Crippen LogP) is 5.24. The van der Waals surface area contributed by atoms with Gasteiger partial charge in [-0.1, -0.05) is 18.1 Å². The topological polar surface area (TPSA) is 55.8 Å². The van der Waals surface area contributed by atoms with E-state index in [0.717, 1.165) is 16.7 Å². The number of amides is 2. The molecule has 2 aromatic carbocycles. The summed E-state index contributed by atoms with van der Waals surface area (Å²) in [6.45, 7) is 2.32. The number of thioether (sulfide) groups is 1. The van der Waals surface area contributed by atoms with E-state index in [1.807, 2.05) is 6.92 Å². The molecule has 0 bridgehead atoms. The van der Waals surface area contributed by atoms with Crippen molar-refractivity contribution in [1.29, 1.82) is 0 Å². The normalized spacial score (nSPS) is 14.9. The van der Waals surface area contributed by atoms with Gasteiger partial charge in [-0.3, -0.25) is 14.5 Å². The number of nitrogens with zero attached hydrogens (tertiary/aromatic N) is 1. The van der Waals surface area contributed by atoms with Crippen molar-refractivity contribution in [3.05, 3.63) is 62.7 Å². The molecule has 2 aromatic rings. The second kappa shape index (κ2) is 9.83. The summed E-state index contributed by atoms with van der Waals surface area (Å²) < 4.78 is 25.5. The quantitative estimate of drug-likeness (QED) is 0.393. The van der Waals surface area contributed by atoms with E-state index < -0.39 is 11.1 Å². The zero-order valence-electron chi connectivity index (χ0n) is 16.0. The first kappa shape index (κ1) is 21.9. The SMILES string of the molecule is C#CCN1C(=O)S/C(=C/c2cc(Br)c(OCc3cccc(F)c3)c(OCC)c2)C1=O. The third kappa shape index (κ3) is 5.04. The Morgan fingerprint density at radius 2 is 2.07 bits per heavy atom. The highest BCUT2D eigenvalue weighted by molar-refractivity contribution is 9.10. The average Bonchev–Trinajstić information content (AvgIpc) is 2.95. The van der Waals surface area contributed by atoms with Gasteiger partial charge in [0.15, 0.2) is 11.5 Å². The Balaban J connectivity index is 1.87. The molecule has 0 atom stereocenters. The molecule has 0 N–H and O–H groups in total. The van der Waals surface area contributed by atoms with E-state index in [-0.39, 0.29) is 23.9 Å². The van der Waals surface area contributed by atoms with Crippen LogP contribution in [0.1, 0.15) is 18.1 Å². The molecule has 1 heterocycles. The fraction of sp³-hybridized carbons (Fsp3) is 0.182. The Bertz CT molecular complexity index is 1060. The van der Waals surface area contributed by atoms with E-state index in [2.05, 4.69) is 21.9 Å². The molecular formula is C22H17BrFNO4S. The first-order valence-corrected chi connectivity index (χ1v) is 10.6. The van der Waals surface area contributed by atoms with E-state index in [1.54, 1.807) is 30.3 Å². The van der Waals surface area contributed by atoms with Crippen LogP contribution in [0.25, 0.3) is 6.08 Å². The Labute approximate surface area is 186 Å². The predicted molar refractivity (Wildman–Crippen MR) is 118 cm³/mol. The van der Waals surface area contributed by atoms with E-state index in [4.69, 9.17) is 15.9 Å². The Kier molecular flexibility index (Phi) is 7.19. The maximum Gasteiger partial charge on any atom is 0.294 e. The number of ether oxygens (including phenoxy) is 2. The van der Waals surface area contributed by atoms with Crippen molar-refractivity contribution in [3.63, 3.8) is 0 Å². The van der Waals surface area contributed by atoms with Gasteiger partial charge in [-0.25, -0.2) is 4.39 Å². The fourth-order valence-corrected chi connectivity index (χ4v) is 4.15.